The fourth-order valence-electron chi connectivity index (χ4n) is 4.75. The summed E-state index contributed by atoms with van der Waals surface area (Å²) in [6.45, 7) is 3.80. The molecule has 1 aliphatic rings. The number of benzene rings is 2. The number of hydrogen-bond donors (Lipinski definition) is 1. The van der Waals surface area contributed by atoms with E-state index in [2.05, 4.69) is 84.4 Å². The Hall–Kier alpha value is -4.00. The summed E-state index contributed by atoms with van der Waals surface area (Å²) in [6.07, 6.45) is 8.49. The van der Waals surface area contributed by atoms with Gasteiger partial charge in [-0.05, 0) is 54.6 Å². The summed E-state index contributed by atoms with van der Waals surface area (Å²) in [5.41, 5.74) is 6.31. The van der Waals surface area contributed by atoms with Crippen molar-refractivity contribution < 1.29 is 0 Å². The third kappa shape index (κ3) is 3.65. The Morgan fingerprint density at radius 3 is 2.79 bits per heavy atom. The van der Waals surface area contributed by atoms with Crippen molar-refractivity contribution in [3.8, 4) is 11.1 Å². The van der Waals surface area contributed by atoms with Crippen LogP contribution in [0, 0.1) is 6.92 Å². The lowest BCUT2D eigenvalue weighted by molar-refractivity contribution is 0.805. The van der Waals surface area contributed by atoms with E-state index in [-0.39, 0.29) is 0 Å². The summed E-state index contributed by atoms with van der Waals surface area (Å²) in [5.74, 6) is 1.80. The maximum Gasteiger partial charge on any atom is 0.132 e. The largest absolute Gasteiger partial charge is 0.380 e. The van der Waals surface area contributed by atoms with Crippen LogP contribution in [0.5, 0.6) is 0 Å². The molecule has 0 radical (unpaired) electrons. The second kappa shape index (κ2) is 7.85. The molecule has 6 rings (SSSR count). The molecule has 7 nitrogen and oxygen atoms in total. The first-order valence-electron chi connectivity index (χ1n) is 11.3. The molecule has 0 bridgehead atoms. The summed E-state index contributed by atoms with van der Waals surface area (Å²) in [7, 11) is 2.08. The maximum absolute atomic E-state index is 4.66. The molecule has 1 N–H and O–H groups in total. The van der Waals surface area contributed by atoms with Crippen molar-refractivity contribution in [1.82, 2.24) is 24.5 Å². The second-order valence-corrected chi connectivity index (χ2v) is 8.69. The fraction of sp³-hybridized carbons (Fsp3) is 0.231. The first kappa shape index (κ1) is 19.7. The van der Waals surface area contributed by atoms with Gasteiger partial charge in [-0.25, -0.2) is 9.97 Å². The molecule has 0 aliphatic carbocycles. The number of aromatic nitrogens is 5. The minimum Gasteiger partial charge on any atom is -0.380 e. The van der Waals surface area contributed by atoms with Gasteiger partial charge in [0.1, 0.15) is 11.6 Å². The zero-order valence-corrected chi connectivity index (χ0v) is 18.7. The Labute approximate surface area is 192 Å². The average Bonchev–Trinajstić information content (AvgIpc) is 3.45. The van der Waals surface area contributed by atoms with Crippen LogP contribution in [0.4, 0.5) is 11.5 Å². The quantitative estimate of drug-likeness (QED) is 0.446. The van der Waals surface area contributed by atoms with Crippen LogP contribution in [0.15, 0.2) is 67.3 Å². The van der Waals surface area contributed by atoms with Gasteiger partial charge in [0, 0.05) is 67.7 Å². The van der Waals surface area contributed by atoms with E-state index in [0.29, 0.717) is 6.04 Å². The van der Waals surface area contributed by atoms with Gasteiger partial charge in [0.05, 0.1) is 11.0 Å². The number of hydrogen-bond acceptors (Lipinski definition) is 6. The van der Waals surface area contributed by atoms with Crippen molar-refractivity contribution in [3.63, 3.8) is 0 Å². The highest BCUT2D eigenvalue weighted by atomic mass is 15.2. The number of fused-ring (bicyclic) bond motifs is 2. The third-order valence-corrected chi connectivity index (χ3v) is 6.42. The van der Waals surface area contributed by atoms with E-state index in [1.807, 2.05) is 19.2 Å². The van der Waals surface area contributed by atoms with E-state index in [0.717, 1.165) is 59.0 Å². The Morgan fingerprint density at radius 1 is 0.970 bits per heavy atom. The zero-order chi connectivity index (χ0) is 22.4. The van der Waals surface area contributed by atoms with E-state index in [4.69, 9.17) is 0 Å². The maximum atomic E-state index is 4.66. The van der Waals surface area contributed by atoms with E-state index in [1.54, 1.807) is 12.4 Å². The number of nitrogens with one attached hydrogen (secondary N) is 1. The summed E-state index contributed by atoms with van der Waals surface area (Å²) in [5, 5.41) is 4.98. The predicted octanol–water partition coefficient (Wildman–Crippen LogP) is 4.58. The third-order valence-electron chi connectivity index (χ3n) is 6.42. The van der Waals surface area contributed by atoms with Crippen LogP contribution >= 0.6 is 0 Å². The van der Waals surface area contributed by atoms with Crippen molar-refractivity contribution >= 4 is 33.4 Å². The Morgan fingerprint density at radius 2 is 1.88 bits per heavy atom. The molecule has 1 atom stereocenters. The van der Waals surface area contributed by atoms with Crippen molar-refractivity contribution in [2.24, 2.45) is 7.05 Å². The van der Waals surface area contributed by atoms with E-state index >= 15 is 0 Å². The van der Waals surface area contributed by atoms with E-state index < -0.39 is 0 Å². The molecule has 4 heterocycles. The lowest BCUT2D eigenvalue weighted by Gasteiger charge is -2.19. The molecule has 1 fully saturated rings. The first-order chi connectivity index (χ1) is 16.1. The summed E-state index contributed by atoms with van der Waals surface area (Å²) < 4.78 is 2.15. The molecule has 0 saturated carbocycles. The van der Waals surface area contributed by atoms with Crippen LogP contribution in [-0.4, -0.2) is 43.6 Å². The molecule has 0 amide bonds. The first-order valence-corrected chi connectivity index (χ1v) is 11.3. The van der Waals surface area contributed by atoms with E-state index in [1.165, 1.54) is 10.9 Å². The Balaban J connectivity index is 1.34. The molecule has 0 unspecified atom stereocenters. The smallest absolute Gasteiger partial charge is 0.132 e. The minimum absolute atomic E-state index is 0.331. The van der Waals surface area contributed by atoms with E-state index in [9.17, 15) is 0 Å². The minimum atomic E-state index is 0.331. The lowest BCUT2D eigenvalue weighted by Crippen LogP contribution is -2.26. The standard InChI is InChI=1S/C26H25N7/c1-17-27-8-5-25(30-17)33-12-7-20(16-33)31-21-14-22(26-23(15-21)28-9-10-29-26)19-4-3-18-6-11-32(2)24(18)13-19/h3-6,8-11,13-15,20,31H,7,12,16H2,1-2H3/t20-/m0/s1. The average molecular weight is 436 g/mol. The van der Waals surface area contributed by atoms with Gasteiger partial charge in [-0.1, -0.05) is 12.1 Å². The summed E-state index contributed by atoms with van der Waals surface area (Å²) in [4.78, 5) is 20.4. The van der Waals surface area contributed by atoms with Crippen molar-refractivity contribution in [2.75, 3.05) is 23.3 Å². The van der Waals surface area contributed by atoms with Gasteiger partial charge in [0.25, 0.3) is 0 Å². The van der Waals surface area contributed by atoms with Gasteiger partial charge in [-0.15, -0.1) is 0 Å². The van der Waals surface area contributed by atoms with Gasteiger partial charge >= 0.3 is 0 Å². The lowest BCUT2D eigenvalue weighted by atomic mass is 10.0. The van der Waals surface area contributed by atoms with Gasteiger partial charge in [-0.2, -0.15) is 0 Å². The van der Waals surface area contributed by atoms with Gasteiger partial charge in [-0.3, -0.25) is 9.97 Å². The van der Waals surface area contributed by atoms with Crippen molar-refractivity contribution in [3.05, 3.63) is 73.1 Å². The highest BCUT2D eigenvalue weighted by Crippen LogP contribution is 2.33. The highest BCUT2D eigenvalue weighted by molar-refractivity contribution is 5.97. The van der Waals surface area contributed by atoms with Crippen LogP contribution in [0.3, 0.4) is 0 Å². The van der Waals surface area contributed by atoms with Gasteiger partial charge in [0.15, 0.2) is 0 Å². The molecule has 1 saturated heterocycles. The summed E-state index contributed by atoms with van der Waals surface area (Å²) >= 11 is 0. The van der Waals surface area contributed by atoms with Crippen molar-refractivity contribution in [2.45, 2.75) is 19.4 Å². The van der Waals surface area contributed by atoms with Crippen LogP contribution < -0.4 is 10.2 Å². The number of rotatable bonds is 4. The zero-order valence-electron chi connectivity index (χ0n) is 18.7. The summed E-state index contributed by atoms with van der Waals surface area (Å²) in [6, 6.07) is 15.3. The number of aryl methyl sites for hydroxylation is 2. The van der Waals surface area contributed by atoms with Crippen LogP contribution in [-0.2, 0) is 7.05 Å². The monoisotopic (exact) mass is 435 g/mol. The molecule has 164 valence electrons. The predicted molar refractivity (Wildman–Crippen MR) is 132 cm³/mol. The molecule has 5 aromatic rings. The van der Waals surface area contributed by atoms with Crippen LogP contribution in [0.2, 0.25) is 0 Å². The SMILES string of the molecule is Cc1nccc(N2CC[C@H](Nc3cc(-c4ccc5ccn(C)c5c4)c4nccnc4c3)C2)n1. The molecule has 3 aromatic heterocycles. The molecule has 2 aromatic carbocycles. The van der Waals surface area contributed by atoms with Gasteiger partial charge in [0.2, 0.25) is 0 Å². The second-order valence-electron chi connectivity index (χ2n) is 8.69. The van der Waals surface area contributed by atoms with Crippen LogP contribution in [0.1, 0.15) is 12.2 Å². The Kier molecular flexibility index (Phi) is 4.68. The fourth-order valence-corrected chi connectivity index (χ4v) is 4.75. The normalized spacial score (nSPS) is 16.1. The Bertz CT molecular complexity index is 1470. The molecule has 1 aliphatic heterocycles. The number of anilines is 2. The topological polar surface area (TPSA) is 71.8 Å². The molecular weight excluding hydrogens is 410 g/mol. The van der Waals surface area contributed by atoms with Crippen molar-refractivity contribution in [1.29, 1.82) is 0 Å². The van der Waals surface area contributed by atoms with Gasteiger partial charge < -0.3 is 14.8 Å². The molecule has 0 spiro atoms. The van der Waals surface area contributed by atoms with Crippen LogP contribution in [0.25, 0.3) is 33.1 Å². The molecule has 7 heteroatoms. The molecular formula is C26H25N7. The molecule has 33 heavy (non-hydrogen) atoms. The number of nitrogens with zero attached hydrogens (tertiary/aromatic N) is 6. The highest BCUT2D eigenvalue weighted by Gasteiger charge is 2.24.